The second-order valence-corrected chi connectivity index (χ2v) is 4.15. The summed E-state index contributed by atoms with van der Waals surface area (Å²) in [4.78, 5) is 12.1. The summed E-state index contributed by atoms with van der Waals surface area (Å²) in [7, 11) is 0. The first-order valence-corrected chi connectivity index (χ1v) is 5.45. The fourth-order valence-electron chi connectivity index (χ4n) is 1.78. The fraction of sp³-hybridized carbons (Fsp3) is 0.0714. The predicted molar refractivity (Wildman–Crippen MR) is 65.3 cm³/mol. The number of anilines is 1. The zero-order chi connectivity index (χ0) is 14.2. The van der Waals surface area contributed by atoms with Crippen molar-refractivity contribution in [2.45, 2.75) is 6.92 Å². The first-order chi connectivity index (χ1) is 8.90. The van der Waals surface area contributed by atoms with Crippen LogP contribution in [0.3, 0.4) is 0 Å². The number of hydrogen-bond donors (Lipinski definition) is 1. The summed E-state index contributed by atoms with van der Waals surface area (Å²) in [5.74, 6) is -4.40. The lowest BCUT2D eigenvalue weighted by atomic mass is 9.97. The zero-order valence-electron chi connectivity index (χ0n) is 10.0. The van der Waals surface area contributed by atoms with Gasteiger partial charge in [-0.1, -0.05) is 6.07 Å². The number of carbonyl (C=O) groups excluding carboxylic acids is 1. The molecule has 2 N–H and O–H groups in total. The third-order valence-electron chi connectivity index (χ3n) is 2.74. The van der Waals surface area contributed by atoms with Gasteiger partial charge in [-0.15, -0.1) is 0 Å². The Labute approximate surface area is 107 Å². The van der Waals surface area contributed by atoms with Crippen LogP contribution in [0.25, 0.3) is 0 Å². The number of ketones is 1. The van der Waals surface area contributed by atoms with Gasteiger partial charge in [-0.3, -0.25) is 4.79 Å². The van der Waals surface area contributed by atoms with Gasteiger partial charge in [0.25, 0.3) is 0 Å². The maximum absolute atomic E-state index is 13.5. The maximum atomic E-state index is 13.5. The van der Waals surface area contributed by atoms with Crippen molar-refractivity contribution >= 4 is 11.5 Å². The molecule has 0 aliphatic heterocycles. The first-order valence-electron chi connectivity index (χ1n) is 5.45. The van der Waals surface area contributed by atoms with Gasteiger partial charge in [-0.2, -0.15) is 0 Å². The summed E-state index contributed by atoms with van der Waals surface area (Å²) in [6.07, 6.45) is 0. The van der Waals surface area contributed by atoms with Crippen molar-refractivity contribution in [1.82, 2.24) is 0 Å². The van der Waals surface area contributed by atoms with Crippen molar-refractivity contribution in [3.8, 4) is 0 Å². The van der Waals surface area contributed by atoms with Crippen LogP contribution >= 0.6 is 0 Å². The summed E-state index contributed by atoms with van der Waals surface area (Å²) in [5, 5.41) is 0. The lowest BCUT2D eigenvalue weighted by Gasteiger charge is -2.08. The van der Waals surface area contributed by atoms with E-state index in [0.717, 1.165) is 0 Å². The molecule has 0 amide bonds. The average Bonchev–Trinajstić information content (AvgIpc) is 2.30. The third-order valence-corrected chi connectivity index (χ3v) is 2.74. The third kappa shape index (κ3) is 2.45. The van der Waals surface area contributed by atoms with Gasteiger partial charge < -0.3 is 5.73 Å². The molecule has 0 bridgehead atoms. The van der Waals surface area contributed by atoms with E-state index in [9.17, 15) is 18.0 Å². The molecule has 0 aromatic heterocycles. The van der Waals surface area contributed by atoms with Crippen molar-refractivity contribution < 1.29 is 18.0 Å². The lowest BCUT2D eigenvalue weighted by Crippen LogP contribution is -2.10. The zero-order valence-corrected chi connectivity index (χ0v) is 10.0. The highest BCUT2D eigenvalue weighted by molar-refractivity contribution is 6.10. The number of aryl methyl sites for hydroxylation is 1. The van der Waals surface area contributed by atoms with Crippen LogP contribution in [-0.4, -0.2) is 5.78 Å². The number of rotatable bonds is 2. The van der Waals surface area contributed by atoms with Gasteiger partial charge in [0.2, 0.25) is 0 Å². The van der Waals surface area contributed by atoms with Crippen LogP contribution < -0.4 is 5.73 Å². The molecule has 0 saturated heterocycles. The Morgan fingerprint density at radius 3 is 2.21 bits per heavy atom. The number of benzene rings is 2. The van der Waals surface area contributed by atoms with Gasteiger partial charge >= 0.3 is 0 Å². The summed E-state index contributed by atoms with van der Waals surface area (Å²) >= 11 is 0. The van der Waals surface area contributed by atoms with Crippen LogP contribution in [0.1, 0.15) is 21.5 Å². The topological polar surface area (TPSA) is 43.1 Å². The molecule has 0 unspecified atom stereocenters. The minimum absolute atomic E-state index is 0.0874. The molecule has 0 atom stereocenters. The van der Waals surface area contributed by atoms with Crippen LogP contribution in [0.4, 0.5) is 18.9 Å². The largest absolute Gasteiger partial charge is 0.399 e. The van der Waals surface area contributed by atoms with Crippen LogP contribution in [0, 0.1) is 24.4 Å². The summed E-state index contributed by atoms with van der Waals surface area (Å²) in [6.45, 7) is 1.62. The van der Waals surface area contributed by atoms with Crippen LogP contribution in [0.5, 0.6) is 0 Å². The van der Waals surface area contributed by atoms with Crippen molar-refractivity contribution in [2.75, 3.05) is 5.73 Å². The van der Waals surface area contributed by atoms with Crippen molar-refractivity contribution in [1.29, 1.82) is 0 Å². The molecular weight excluding hydrogens is 255 g/mol. The summed E-state index contributed by atoms with van der Waals surface area (Å²) in [6, 6.07) is 5.42. The number of carbonyl (C=O) groups is 1. The summed E-state index contributed by atoms with van der Waals surface area (Å²) < 4.78 is 39.9. The minimum Gasteiger partial charge on any atom is -0.399 e. The first kappa shape index (κ1) is 13.1. The Morgan fingerprint density at radius 1 is 1.05 bits per heavy atom. The fourth-order valence-corrected chi connectivity index (χ4v) is 1.78. The molecule has 0 aliphatic rings. The predicted octanol–water partition coefficient (Wildman–Crippen LogP) is 3.23. The second kappa shape index (κ2) is 4.76. The van der Waals surface area contributed by atoms with Gasteiger partial charge in [0, 0.05) is 23.4 Å². The molecule has 0 heterocycles. The Kier molecular flexibility index (Phi) is 3.29. The number of nitrogens with two attached hydrogens (primary N) is 1. The van der Waals surface area contributed by atoms with E-state index in [0.29, 0.717) is 23.4 Å². The Balaban J connectivity index is 2.59. The molecule has 0 aliphatic carbocycles. The average molecular weight is 265 g/mol. The SMILES string of the molecule is Cc1ccc(N)cc1C(=O)c1c(F)cc(F)cc1F. The van der Waals surface area contributed by atoms with E-state index in [2.05, 4.69) is 0 Å². The van der Waals surface area contributed by atoms with E-state index < -0.39 is 28.8 Å². The molecule has 0 fully saturated rings. The number of nitrogen functional groups attached to an aromatic ring is 1. The molecule has 2 nitrogen and oxygen atoms in total. The molecule has 5 heteroatoms. The number of halogens is 3. The molecule has 0 spiro atoms. The van der Waals surface area contributed by atoms with Crippen LogP contribution in [-0.2, 0) is 0 Å². The van der Waals surface area contributed by atoms with E-state index in [-0.39, 0.29) is 5.56 Å². The van der Waals surface area contributed by atoms with E-state index in [1.54, 1.807) is 19.1 Å². The molecule has 19 heavy (non-hydrogen) atoms. The van der Waals surface area contributed by atoms with Gasteiger partial charge in [0.05, 0.1) is 5.56 Å². The molecule has 2 aromatic carbocycles. The van der Waals surface area contributed by atoms with Crippen molar-refractivity contribution in [3.63, 3.8) is 0 Å². The monoisotopic (exact) mass is 265 g/mol. The highest BCUT2D eigenvalue weighted by Crippen LogP contribution is 2.22. The van der Waals surface area contributed by atoms with Crippen molar-refractivity contribution in [3.05, 3.63) is 64.5 Å². The van der Waals surface area contributed by atoms with Crippen molar-refractivity contribution in [2.24, 2.45) is 0 Å². The van der Waals surface area contributed by atoms with Gasteiger partial charge in [0.1, 0.15) is 17.5 Å². The van der Waals surface area contributed by atoms with Gasteiger partial charge in [-0.05, 0) is 24.6 Å². The van der Waals surface area contributed by atoms with Gasteiger partial charge in [-0.25, -0.2) is 13.2 Å². The Morgan fingerprint density at radius 2 is 1.63 bits per heavy atom. The lowest BCUT2D eigenvalue weighted by molar-refractivity contribution is 0.103. The van der Waals surface area contributed by atoms with E-state index in [1.165, 1.54) is 6.07 Å². The standard InChI is InChI=1S/C14H10F3NO/c1-7-2-3-9(18)6-10(7)14(19)13-11(16)4-8(15)5-12(13)17/h2-6H,18H2,1H3. The number of hydrogen-bond acceptors (Lipinski definition) is 2. The molecule has 2 aromatic rings. The molecule has 98 valence electrons. The van der Waals surface area contributed by atoms with E-state index >= 15 is 0 Å². The molecule has 2 rings (SSSR count). The normalized spacial score (nSPS) is 10.5. The Hall–Kier alpha value is -2.30. The van der Waals surface area contributed by atoms with Crippen LogP contribution in [0.2, 0.25) is 0 Å². The maximum Gasteiger partial charge on any atom is 0.199 e. The summed E-state index contributed by atoms with van der Waals surface area (Å²) in [5.41, 5.74) is 5.68. The van der Waals surface area contributed by atoms with E-state index in [1.807, 2.05) is 0 Å². The highest BCUT2D eigenvalue weighted by atomic mass is 19.1. The molecule has 0 radical (unpaired) electrons. The quantitative estimate of drug-likeness (QED) is 0.669. The molecule has 0 saturated carbocycles. The smallest absolute Gasteiger partial charge is 0.199 e. The molecular formula is C14H10F3NO. The van der Waals surface area contributed by atoms with Crippen LogP contribution in [0.15, 0.2) is 30.3 Å². The van der Waals surface area contributed by atoms with E-state index in [4.69, 9.17) is 5.73 Å². The minimum atomic E-state index is -1.23. The highest BCUT2D eigenvalue weighted by Gasteiger charge is 2.21. The Bertz CT molecular complexity index is 645. The van der Waals surface area contributed by atoms with Gasteiger partial charge in [0.15, 0.2) is 5.78 Å². The second-order valence-electron chi connectivity index (χ2n) is 4.15.